The number of anilines is 1. The van der Waals surface area contributed by atoms with E-state index < -0.39 is 28.5 Å². The molecule has 3 rings (SSSR count). The molecule has 0 fully saturated rings. The molecule has 0 radical (unpaired) electrons. The predicted octanol–water partition coefficient (Wildman–Crippen LogP) is 6.34. The van der Waals surface area contributed by atoms with Crippen molar-refractivity contribution in [1.82, 2.24) is 10.2 Å². The van der Waals surface area contributed by atoms with E-state index >= 15 is 0 Å². The van der Waals surface area contributed by atoms with Gasteiger partial charge in [0.05, 0.1) is 20.6 Å². The Morgan fingerprint density at radius 1 is 0.900 bits per heavy atom. The van der Waals surface area contributed by atoms with Crippen molar-refractivity contribution in [3.8, 4) is 0 Å². The number of carbonyl (C=O) groups excluding carboxylic acids is 2. The summed E-state index contributed by atoms with van der Waals surface area (Å²) in [7, 11) is -4.19. The van der Waals surface area contributed by atoms with Crippen molar-refractivity contribution >= 4 is 62.3 Å². The number of rotatable bonds is 11. The van der Waals surface area contributed by atoms with Gasteiger partial charge >= 0.3 is 0 Å². The third-order valence-corrected chi connectivity index (χ3v) is 8.99. The van der Waals surface area contributed by atoms with Crippen LogP contribution in [-0.2, 0) is 26.2 Å². The molecule has 0 saturated heterocycles. The monoisotopic (exact) mass is 623 g/mol. The fourth-order valence-electron chi connectivity index (χ4n) is 3.95. The Kier molecular flexibility index (Phi) is 10.9. The van der Waals surface area contributed by atoms with Gasteiger partial charge in [-0.15, -0.1) is 0 Å². The third-order valence-electron chi connectivity index (χ3n) is 6.24. The maximum Gasteiger partial charge on any atom is 0.264 e. The van der Waals surface area contributed by atoms with Crippen LogP contribution < -0.4 is 9.62 Å². The van der Waals surface area contributed by atoms with Crippen LogP contribution in [0.2, 0.25) is 15.1 Å². The van der Waals surface area contributed by atoms with E-state index in [4.69, 9.17) is 34.8 Å². The molecule has 3 aromatic carbocycles. The lowest BCUT2D eigenvalue weighted by molar-refractivity contribution is -0.139. The summed E-state index contributed by atoms with van der Waals surface area (Å²) in [5, 5.41) is 3.81. The number of nitrogens with zero attached hydrogens (tertiary/aromatic N) is 2. The largest absolute Gasteiger partial charge is 0.354 e. The Hall–Kier alpha value is -2.78. The first kappa shape index (κ1) is 31.7. The van der Waals surface area contributed by atoms with E-state index in [1.165, 1.54) is 23.1 Å². The molecule has 0 aliphatic rings. The first-order chi connectivity index (χ1) is 18.8. The summed E-state index contributed by atoms with van der Waals surface area (Å²) in [5.74, 6) is -0.747. The van der Waals surface area contributed by atoms with Crippen LogP contribution >= 0.6 is 34.8 Å². The van der Waals surface area contributed by atoms with Crippen molar-refractivity contribution in [2.75, 3.05) is 17.4 Å². The topological polar surface area (TPSA) is 86.8 Å². The molecule has 214 valence electrons. The number of hydrogen-bond acceptors (Lipinski definition) is 4. The summed E-state index contributed by atoms with van der Waals surface area (Å²) in [6, 6.07) is 16.7. The van der Waals surface area contributed by atoms with Gasteiger partial charge < -0.3 is 10.2 Å². The normalized spacial score (nSPS) is 12.2. The molecular weight excluding hydrogens is 593 g/mol. The van der Waals surface area contributed by atoms with Crippen LogP contribution in [0.3, 0.4) is 0 Å². The zero-order valence-electron chi connectivity index (χ0n) is 22.7. The van der Waals surface area contributed by atoms with E-state index in [1.807, 2.05) is 13.8 Å². The van der Waals surface area contributed by atoms with Gasteiger partial charge in [0.25, 0.3) is 10.0 Å². The zero-order valence-corrected chi connectivity index (χ0v) is 25.8. The minimum Gasteiger partial charge on any atom is -0.354 e. The van der Waals surface area contributed by atoms with E-state index in [-0.39, 0.29) is 29.0 Å². The Morgan fingerprint density at radius 3 is 2.20 bits per heavy atom. The summed E-state index contributed by atoms with van der Waals surface area (Å²) >= 11 is 18.5. The lowest BCUT2D eigenvalue weighted by Crippen LogP contribution is -2.51. The van der Waals surface area contributed by atoms with Gasteiger partial charge in [0.15, 0.2) is 0 Å². The SMILES string of the molecule is Cc1ccc(Cl)cc1N(CC(=O)N(Cc1ccc(Cl)c(Cl)c1)[C@H](C)C(=O)NCC(C)C)S(=O)(=O)c1ccccc1. The number of nitrogens with one attached hydrogen (secondary N) is 1. The molecule has 11 heteroatoms. The molecule has 0 heterocycles. The third kappa shape index (κ3) is 7.91. The molecule has 1 N–H and O–H groups in total. The number of hydrogen-bond donors (Lipinski definition) is 1. The van der Waals surface area contributed by atoms with Gasteiger partial charge in [-0.1, -0.05) is 79.0 Å². The van der Waals surface area contributed by atoms with Crippen LogP contribution in [-0.4, -0.2) is 44.3 Å². The second-order valence-corrected chi connectivity index (χ2v) is 13.0. The van der Waals surface area contributed by atoms with Crippen LogP contribution in [0.1, 0.15) is 31.9 Å². The second-order valence-electron chi connectivity index (χ2n) is 9.84. The maximum atomic E-state index is 14.0. The van der Waals surface area contributed by atoms with Crippen molar-refractivity contribution in [2.24, 2.45) is 5.92 Å². The molecule has 2 amide bonds. The van der Waals surface area contributed by atoms with Crippen LogP contribution in [0.4, 0.5) is 5.69 Å². The minimum absolute atomic E-state index is 0.000258. The molecule has 0 aromatic heterocycles. The standard InChI is InChI=1S/C29H32Cl3N3O4S/c1-19(2)16-33-29(37)21(4)34(17-22-11-13-25(31)26(32)14-22)28(36)18-35(27-15-23(30)12-10-20(27)3)40(38,39)24-8-6-5-7-9-24/h5-15,19,21H,16-18H2,1-4H3,(H,33,37)/t21-/m1/s1. The molecule has 0 aliphatic heterocycles. The van der Waals surface area contributed by atoms with E-state index in [1.54, 1.807) is 62.4 Å². The van der Waals surface area contributed by atoms with E-state index in [0.717, 1.165) is 4.31 Å². The van der Waals surface area contributed by atoms with Crippen molar-refractivity contribution in [3.63, 3.8) is 0 Å². The van der Waals surface area contributed by atoms with Gasteiger partial charge in [-0.3, -0.25) is 13.9 Å². The van der Waals surface area contributed by atoms with E-state index in [2.05, 4.69) is 5.32 Å². The molecule has 1 atom stereocenters. The summed E-state index contributed by atoms with van der Waals surface area (Å²) in [6.45, 7) is 7.12. The van der Waals surface area contributed by atoms with Gasteiger partial charge in [0.1, 0.15) is 12.6 Å². The fraction of sp³-hybridized carbons (Fsp3) is 0.310. The average Bonchev–Trinajstić information content (AvgIpc) is 2.92. The maximum absolute atomic E-state index is 14.0. The highest BCUT2D eigenvalue weighted by Gasteiger charge is 2.33. The van der Waals surface area contributed by atoms with Gasteiger partial charge in [0, 0.05) is 18.1 Å². The van der Waals surface area contributed by atoms with Crippen LogP contribution in [0.5, 0.6) is 0 Å². The lowest BCUT2D eigenvalue weighted by Gasteiger charge is -2.32. The highest BCUT2D eigenvalue weighted by molar-refractivity contribution is 7.92. The highest BCUT2D eigenvalue weighted by Crippen LogP contribution is 2.30. The quantitative estimate of drug-likeness (QED) is 0.270. The summed E-state index contributed by atoms with van der Waals surface area (Å²) in [6.07, 6.45) is 0. The highest BCUT2D eigenvalue weighted by atomic mass is 35.5. The Morgan fingerprint density at radius 2 is 1.57 bits per heavy atom. The fourth-order valence-corrected chi connectivity index (χ4v) is 5.93. The molecule has 0 spiro atoms. The van der Waals surface area contributed by atoms with Crippen molar-refractivity contribution in [2.45, 2.75) is 45.2 Å². The molecule has 40 heavy (non-hydrogen) atoms. The number of carbonyl (C=O) groups is 2. The van der Waals surface area contributed by atoms with Gasteiger partial charge in [-0.25, -0.2) is 8.42 Å². The van der Waals surface area contributed by atoms with Crippen LogP contribution in [0.15, 0.2) is 71.6 Å². The minimum atomic E-state index is -4.19. The zero-order chi connectivity index (χ0) is 29.6. The summed E-state index contributed by atoms with van der Waals surface area (Å²) in [4.78, 5) is 28.4. The van der Waals surface area contributed by atoms with Gasteiger partial charge in [-0.05, 0) is 67.3 Å². The number of amides is 2. The van der Waals surface area contributed by atoms with Crippen molar-refractivity contribution in [1.29, 1.82) is 0 Å². The molecule has 3 aromatic rings. The Labute approximate surface area is 251 Å². The second kappa shape index (κ2) is 13.7. The summed E-state index contributed by atoms with van der Waals surface area (Å²) < 4.78 is 28.8. The van der Waals surface area contributed by atoms with Crippen LogP contribution in [0.25, 0.3) is 0 Å². The summed E-state index contributed by atoms with van der Waals surface area (Å²) in [5.41, 5.74) is 1.49. The molecule has 0 bridgehead atoms. The first-order valence-electron chi connectivity index (χ1n) is 12.7. The Balaban J connectivity index is 2.06. The molecule has 0 saturated carbocycles. The van der Waals surface area contributed by atoms with E-state index in [0.29, 0.717) is 32.7 Å². The van der Waals surface area contributed by atoms with Crippen molar-refractivity contribution in [3.05, 3.63) is 92.9 Å². The first-order valence-corrected chi connectivity index (χ1v) is 15.2. The number of halogens is 3. The average molecular weight is 625 g/mol. The van der Waals surface area contributed by atoms with E-state index in [9.17, 15) is 18.0 Å². The molecule has 7 nitrogen and oxygen atoms in total. The van der Waals surface area contributed by atoms with Crippen molar-refractivity contribution < 1.29 is 18.0 Å². The number of benzene rings is 3. The van der Waals surface area contributed by atoms with Gasteiger partial charge in [0.2, 0.25) is 11.8 Å². The number of sulfonamides is 1. The smallest absolute Gasteiger partial charge is 0.264 e. The molecule has 0 aliphatic carbocycles. The van der Waals surface area contributed by atoms with Gasteiger partial charge in [-0.2, -0.15) is 0 Å². The lowest BCUT2D eigenvalue weighted by atomic mass is 10.1. The number of aryl methyl sites for hydroxylation is 1. The Bertz CT molecular complexity index is 1470. The predicted molar refractivity (Wildman–Crippen MR) is 161 cm³/mol. The van der Waals surface area contributed by atoms with Crippen LogP contribution in [0, 0.1) is 12.8 Å². The molecule has 0 unspecified atom stereocenters. The molecular formula is C29H32Cl3N3O4S.